The van der Waals surface area contributed by atoms with Crippen molar-refractivity contribution in [3.05, 3.63) is 29.7 Å². The molecule has 0 radical (unpaired) electrons. The van der Waals surface area contributed by atoms with Crippen molar-refractivity contribution in [2.75, 3.05) is 6.54 Å². The van der Waals surface area contributed by atoms with Gasteiger partial charge in [-0.2, -0.15) is 0 Å². The molecule has 0 spiro atoms. The van der Waals surface area contributed by atoms with Crippen LogP contribution in [0.4, 0.5) is 0 Å². The Hall–Kier alpha value is -1.95. The van der Waals surface area contributed by atoms with Gasteiger partial charge in [-0.25, -0.2) is 0 Å². The van der Waals surface area contributed by atoms with Gasteiger partial charge in [0.05, 0.1) is 11.2 Å². The van der Waals surface area contributed by atoms with Crippen LogP contribution in [0.1, 0.15) is 48.3 Å². The Morgan fingerprint density at radius 1 is 1.33 bits per heavy atom. The van der Waals surface area contributed by atoms with Crippen molar-refractivity contribution < 1.29 is 9.90 Å². The first kappa shape index (κ1) is 14.0. The number of carbonyl (C=O) groups is 1. The van der Waals surface area contributed by atoms with Crippen molar-refractivity contribution in [1.82, 2.24) is 19.9 Å². The van der Waals surface area contributed by atoms with Crippen LogP contribution in [0.25, 0.3) is 5.65 Å². The van der Waals surface area contributed by atoms with Gasteiger partial charge in [0.15, 0.2) is 5.65 Å². The number of hydrogen-bond acceptors (Lipinski definition) is 4. The van der Waals surface area contributed by atoms with E-state index in [9.17, 15) is 9.90 Å². The first-order valence-corrected chi connectivity index (χ1v) is 7.39. The smallest absolute Gasteiger partial charge is 0.252 e. The fraction of sp³-hybridized carbons (Fsp3) is 0.533. The van der Waals surface area contributed by atoms with E-state index in [4.69, 9.17) is 0 Å². The van der Waals surface area contributed by atoms with Crippen molar-refractivity contribution in [1.29, 1.82) is 0 Å². The Bertz CT molecular complexity index is 659. The number of aliphatic hydroxyl groups is 1. The lowest BCUT2D eigenvalue weighted by Crippen LogP contribution is -2.44. The summed E-state index contributed by atoms with van der Waals surface area (Å²) < 4.78 is 1.78. The Morgan fingerprint density at radius 3 is 2.86 bits per heavy atom. The van der Waals surface area contributed by atoms with Crippen molar-refractivity contribution in [2.45, 2.75) is 44.6 Å². The molecule has 0 unspecified atom stereocenters. The van der Waals surface area contributed by atoms with E-state index in [0.717, 1.165) is 37.2 Å². The number of carbonyl (C=O) groups excluding carboxylic acids is 1. The molecule has 2 heterocycles. The van der Waals surface area contributed by atoms with E-state index in [1.54, 1.807) is 22.7 Å². The Kier molecular flexibility index (Phi) is 3.63. The van der Waals surface area contributed by atoms with Crippen LogP contribution in [0.3, 0.4) is 0 Å². The predicted molar refractivity (Wildman–Crippen MR) is 78.1 cm³/mol. The van der Waals surface area contributed by atoms with Crippen molar-refractivity contribution in [3.8, 4) is 0 Å². The van der Waals surface area contributed by atoms with E-state index in [2.05, 4.69) is 15.5 Å². The molecule has 0 atom stereocenters. The molecule has 1 aliphatic carbocycles. The second kappa shape index (κ2) is 5.44. The lowest BCUT2D eigenvalue weighted by Gasteiger charge is -2.32. The van der Waals surface area contributed by atoms with Gasteiger partial charge in [0, 0.05) is 12.7 Å². The quantitative estimate of drug-likeness (QED) is 0.896. The maximum Gasteiger partial charge on any atom is 0.252 e. The summed E-state index contributed by atoms with van der Waals surface area (Å²) >= 11 is 0. The number of amides is 1. The molecule has 1 aliphatic rings. The number of rotatable bonds is 3. The summed E-state index contributed by atoms with van der Waals surface area (Å²) in [5.41, 5.74) is 0.518. The van der Waals surface area contributed by atoms with Gasteiger partial charge in [0.25, 0.3) is 5.91 Å². The van der Waals surface area contributed by atoms with Crippen LogP contribution in [0.5, 0.6) is 0 Å². The monoisotopic (exact) mass is 288 g/mol. The number of aromatic nitrogens is 3. The highest BCUT2D eigenvalue weighted by Gasteiger charge is 2.29. The third kappa shape index (κ3) is 2.90. The SMILES string of the molecule is Cc1nnc2ccc(C(=O)NCC3(O)CCCCC3)cn12. The average molecular weight is 288 g/mol. The molecule has 112 valence electrons. The lowest BCUT2D eigenvalue weighted by molar-refractivity contribution is 0.00525. The van der Waals surface area contributed by atoms with Gasteiger partial charge in [-0.1, -0.05) is 19.3 Å². The summed E-state index contributed by atoms with van der Waals surface area (Å²) in [6.45, 7) is 2.15. The zero-order chi connectivity index (χ0) is 14.9. The zero-order valence-electron chi connectivity index (χ0n) is 12.2. The van der Waals surface area contributed by atoms with Gasteiger partial charge in [0.1, 0.15) is 5.82 Å². The van der Waals surface area contributed by atoms with Gasteiger partial charge in [-0.3, -0.25) is 9.20 Å². The molecule has 0 aliphatic heterocycles. The number of hydrogen-bond donors (Lipinski definition) is 2. The third-order valence-corrected chi connectivity index (χ3v) is 4.20. The van der Waals surface area contributed by atoms with Gasteiger partial charge in [0.2, 0.25) is 0 Å². The molecule has 6 nitrogen and oxygen atoms in total. The van der Waals surface area contributed by atoms with E-state index in [1.165, 1.54) is 6.42 Å². The third-order valence-electron chi connectivity index (χ3n) is 4.20. The maximum atomic E-state index is 12.2. The van der Waals surface area contributed by atoms with Crippen LogP contribution in [-0.4, -0.2) is 37.8 Å². The standard InChI is InChI=1S/C15H20N4O2/c1-11-17-18-13-6-5-12(9-19(11)13)14(20)16-10-15(21)7-3-2-4-8-15/h5-6,9,21H,2-4,7-8,10H2,1H3,(H,16,20). The maximum absolute atomic E-state index is 12.2. The molecule has 3 rings (SSSR count). The number of pyridine rings is 1. The number of nitrogens with zero attached hydrogens (tertiary/aromatic N) is 3. The summed E-state index contributed by atoms with van der Waals surface area (Å²) in [6, 6.07) is 3.49. The summed E-state index contributed by atoms with van der Waals surface area (Å²) in [7, 11) is 0. The molecular weight excluding hydrogens is 268 g/mol. The normalized spacial score (nSPS) is 17.8. The fourth-order valence-corrected chi connectivity index (χ4v) is 2.87. The first-order valence-electron chi connectivity index (χ1n) is 7.39. The van der Waals surface area contributed by atoms with E-state index in [1.807, 2.05) is 6.92 Å². The molecule has 2 aromatic rings. The molecule has 1 amide bonds. The minimum absolute atomic E-state index is 0.177. The number of fused-ring (bicyclic) bond motifs is 1. The highest BCUT2D eigenvalue weighted by atomic mass is 16.3. The van der Waals surface area contributed by atoms with Gasteiger partial charge >= 0.3 is 0 Å². The second-order valence-corrected chi connectivity index (χ2v) is 5.86. The first-order chi connectivity index (χ1) is 10.1. The zero-order valence-corrected chi connectivity index (χ0v) is 12.2. The topological polar surface area (TPSA) is 79.5 Å². The minimum atomic E-state index is -0.746. The fourth-order valence-electron chi connectivity index (χ4n) is 2.87. The van der Waals surface area contributed by atoms with Crippen LogP contribution in [0.2, 0.25) is 0 Å². The van der Waals surface area contributed by atoms with Crippen LogP contribution in [-0.2, 0) is 0 Å². The summed E-state index contributed by atoms with van der Waals surface area (Å²) in [5, 5.41) is 21.2. The molecule has 2 N–H and O–H groups in total. The molecule has 2 aromatic heterocycles. The van der Waals surface area contributed by atoms with E-state index in [-0.39, 0.29) is 5.91 Å². The molecule has 21 heavy (non-hydrogen) atoms. The Labute approximate surface area is 123 Å². The van der Waals surface area contributed by atoms with Gasteiger partial charge in [-0.05, 0) is 31.9 Å². The number of aryl methyl sites for hydroxylation is 1. The molecular formula is C15H20N4O2. The molecule has 0 bridgehead atoms. The van der Waals surface area contributed by atoms with Crippen molar-refractivity contribution in [3.63, 3.8) is 0 Å². The molecule has 1 saturated carbocycles. The van der Waals surface area contributed by atoms with E-state index < -0.39 is 5.60 Å². The van der Waals surface area contributed by atoms with Crippen LogP contribution in [0, 0.1) is 6.92 Å². The molecule has 0 saturated heterocycles. The lowest BCUT2D eigenvalue weighted by atomic mass is 9.85. The van der Waals surface area contributed by atoms with Gasteiger partial charge in [-0.15, -0.1) is 10.2 Å². The van der Waals surface area contributed by atoms with Crippen molar-refractivity contribution in [2.24, 2.45) is 0 Å². The van der Waals surface area contributed by atoms with Crippen molar-refractivity contribution >= 4 is 11.6 Å². The highest BCUT2D eigenvalue weighted by Crippen LogP contribution is 2.27. The van der Waals surface area contributed by atoms with Gasteiger partial charge < -0.3 is 10.4 Å². The second-order valence-electron chi connectivity index (χ2n) is 5.86. The summed E-state index contributed by atoms with van der Waals surface area (Å²) in [6.07, 6.45) is 6.47. The largest absolute Gasteiger partial charge is 0.388 e. The predicted octanol–water partition coefficient (Wildman–Crippen LogP) is 1.46. The molecule has 6 heteroatoms. The average Bonchev–Trinajstić information content (AvgIpc) is 2.87. The molecule has 1 fully saturated rings. The minimum Gasteiger partial charge on any atom is -0.388 e. The Morgan fingerprint density at radius 2 is 2.10 bits per heavy atom. The summed E-state index contributed by atoms with van der Waals surface area (Å²) in [5.74, 6) is 0.564. The van der Waals surface area contributed by atoms with Crippen LogP contribution < -0.4 is 5.32 Å². The Balaban J connectivity index is 1.70. The summed E-state index contributed by atoms with van der Waals surface area (Å²) in [4.78, 5) is 12.2. The highest BCUT2D eigenvalue weighted by molar-refractivity contribution is 5.94. The van der Waals surface area contributed by atoms with Crippen LogP contribution >= 0.6 is 0 Å². The number of nitrogens with one attached hydrogen (secondary N) is 1. The van der Waals surface area contributed by atoms with Crippen LogP contribution in [0.15, 0.2) is 18.3 Å². The molecule has 0 aromatic carbocycles. The van der Waals surface area contributed by atoms with E-state index >= 15 is 0 Å². The van der Waals surface area contributed by atoms with E-state index in [0.29, 0.717) is 12.1 Å².